The van der Waals surface area contributed by atoms with Crippen molar-refractivity contribution in [1.29, 1.82) is 0 Å². The molecule has 0 saturated heterocycles. The predicted octanol–water partition coefficient (Wildman–Crippen LogP) is 2.27. The van der Waals surface area contributed by atoms with E-state index >= 15 is 0 Å². The fourth-order valence-electron chi connectivity index (χ4n) is 3.29. The van der Waals surface area contributed by atoms with E-state index in [4.69, 9.17) is 14.2 Å². The van der Waals surface area contributed by atoms with E-state index in [0.29, 0.717) is 23.7 Å². The zero-order valence-corrected chi connectivity index (χ0v) is 17.7. The van der Waals surface area contributed by atoms with Gasteiger partial charge < -0.3 is 29.2 Å². The Bertz CT molecular complexity index is 1170. The second-order valence-electron chi connectivity index (χ2n) is 7.52. The number of hydrogen-bond acceptors (Lipinski definition) is 6. The number of aliphatic hydroxyl groups excluding tert-OH is 1. The molecule has 2 N–H and O–H groups in total. The summed E-state index contributed by atoms with van der Waals surface area (Å²) in [6.07, 6.45) is 1.46. The summed E-state index contributed by atoms with van der Waals surface area (Å²) in [6, 6.07) is 14.6. The lowest BCUT2D eigenvalue weighted by Crippen LogP contribution is -2.29. The highest BCUT2D eigenvalue weighted by molar-refractivity contribution is 5.75. The summed E-state index contributed by atoms with van der Waals surface area (Å²) < 4.78 is 17.8. The molecule has 32 heavy (non-hydrogen) atoms. The minimum Gasteiger partial charge on any atom is -0.483 e. The molecule has 3 aromatic rings. The van der Waals surface area contributed by atoms with Crippen LogP contribution in [0.1, 0.15) is 22.4 Å². The van der Waals surface area contributed by atoms with Gasteiger partial charge in [-0.3, -0.25) is 9.59 Å². The summed E-state index contributed by atoms with van der Waals surface area (Å²) in [7, 11) is 0. The maximum Gasteiger partial charge on any atom is 0.240 e. The lowest BCUT2D eigenvalue weighted by atomic mass is 10.2. The van der Waals surface area contributed by atoms with Crippen LogP contribution in [0.2, 0.25) is 0 Å². The number of rotatable bonds is 8. The standard InChI is InChI=1S/C24H24N2O6/c1-16-2-4-17(5-3-16)14-30-23-11-26(19(13-27)9-20(23)28)12-24(29)25-10-18-6-7-21-22(8-18)32-15-31-21/h2-9,11,27H,10,12-15H2,1H3,(H,25,29). The van der Waals surface area contributed by atoms with E-state index < -0.39 is 0 Å². The number of aromatic nitrogens is 1. The summed E-state index contributed by atoms with van der Waals surface area (Å²) in [5, 5.41) is 12.5. The maximum absolute atomic E-state index is 12.5. The molecule has 0 atom stereocenters. The summed E-state index contributed by atoms with van der Waals surface area (Å²) in [5.74, 6) is 1.17. The van der Waals surface area contributed by atoms with Gasteiger partial charge in [-0.15, -0.1) is 0 Å². The number of ether oxygens (including phenoxy) is 3. The Kier molecular flexibility index (Phi) is 6.42. The quantitative estimate of drug-likeness (QED) is 0.562. The molecule has 0 spiro atoms. The molecule has 1 aromatic heterocycles. The highest BCUT2D eigenvalue weighted by Gasteiger charge is 2.14. The Balaban J connectivity index is 1.41. The number of nitrogens with zero attached hydrogens (tertiary/aromatic N) is 1. The first-order chi connectivity index (χ1) is 15.5. The molecule has 1 amide bonds. The minimum absolute atomic E-state index is 0.0678. The second-order valence-corrected chi connectivity index (χ2v) is 7.52. The van der Waals surface area contributed by atoms with Gasteiger partial charge in [0, 0.05) is 18.3 Å². The van der Waals surface area contributed by atoms with Gasteiger partial charge in [0.05, 0.1) is 12.8 Å². The molecule has 2 heterocycles. The zero-order valence-electron chi connectivity index (χ0n) is 17.7. The molecule has 8 nitrogen and oxygen atoms in total. The lowest BCUT2D eigenvalue weighted by Gasteiger charge is -2.14. The number of carbonyl (C=O) groups excluding carboxylic acids is 1. The number of benzene rings is 2. The molecule has 166 valence electrons. The fourth-order valence-corrected chi connectivity index (χ4v) is 3.29. The molecule has 0 unspecified atom stereocenters. The van der Waals surface area contributed by atoms with Gasteiger partial charge in [0.2, 0.25) is 18.1 Å². The number of hydrogen-bond donors (Lipinski definition) is 2. The minimum atomic E-state index is -0.372. The van der Waals surface area contributed by atoms with Crippen molar-refractivity contribution in [2.24, 2.45) is 0 Å². The Morgan fingerprint density at radius 2 is 1.84 bits per heavy atom. The van der Waals surface area contributed by atoms with Gasteiger partial charge in [0.25, 0.3) is 0 Å². The van der Waals surface area contributed by atoms with Crippen LogP contribution < -0.4 is 25.0 Å². The van der Waals surface area contributed by atoms with Crippen molar-refractivity contribution >= 4 is 5.91 Å². The van der Waals surface area contributed by atoms with Crippen LogP contribution in [-0.2, 0) is 31.1 Å². The molecule has 1 aliphatic rings. The van der Waals surface area contributed by atoms with Crippen LogP contribution in [-0.4, -0.2) is 22.4 Å². The fraction of sp³-hybridized carbons (Fsp3) is 0.250. The number of carbonyl (C=O) groups is 1. The van der Waals surface area contributed by atoms with Gasteiger partial charge in [0.15, 0.2) is 17.2 Å². The number of aliphatic hydroxyl groups is 1. The number of nitrogens with one attached hydrogen (secondary N) is 1. The van der Waals surface area contributed by atoms with Crippen LogP contribution in [0, 0.1) is 6.92 Å². The average molecular weight is 436 g/mol. The molecule has 0 radical (unpaired) electrons. The monoisotopic (exact) mass is 436 g/mol. The smallest absolute Gasteiger partial charge is 0.240 e. The number of fused-ring (bicyclic) bond motifs is 1. The highest BCUT2D eigenvalue weighted by Crippen LogP contribution is 2.32. The molecule has 0 bridgehead atoms. The van der Waals surface area contributed by atoms with Gasteiger partial charge >= 0.3 is 0 Å². The molecule has 8 heteroatoms. The molecular formula is C24H24N2O6. The first-order valence-electron chi connectivity index (χ1n) is 10.2. The third-order valence-corrected chi connectivity index (χ3v) is 5.10. The molecule has 0 saturated carbocycles. The van der Waals surface area contributed by atoms with Gasteiger partial charge in [-0.2, -0.15) is 0 Å². The molecule has 1 aliphatic heterocycles. The van der Waals surface area contributed by atoms with Crippen LogP contribution in [0.3, 0.4) is 0 Å². The van der Waals surface area contributed by atoms with E-state index in [1.807, 2.05) is 43.3 Å². The van der Waals surface area contributed by atoms with Crippen LogP contribution in [0.25, 0.3) is 0 Å². The third-order valence-electron chi connectivity index (χ3n) is 5.10. The number of aryl methyl sites for hydroxylation is 1. The first-order valence-corrected chi connectivity index (χ1v) is 10.2. The Morgan fingerprint density at radius 3 is 2.62 bits per heavy atom. The zero-order chi connectivity index (χ0) is 22.5. The van der Waals surface area contributed by atoms with Crippen molar-refractivity contribution in [3.05, 3.63) is 87.3 Å². The molecule has 0 fully saturated rings. The van der Waals surface area contributed by atoms with Crippen LogP contribution in [0.15, 0.2) is 59.5 Å². The van der Waals surface area contributed by atoms with Gasteiger partial charge in [0.1, 0.15) is 13.2 Å². The largest absolute Gasteiger partial charge is 0.483 e. The Morgan fingerprint density at radius 1 is 1.09 bits per heavy atom. The SMILES string of the molecule is Cc1ccc(COc2cn(CC(=O)NCc3ccc4c(c3)OCO4)c(CO)cc2=O)cc1. The molecule has 0 aliphatic carbocycles. The van der Waals surface area contributed by atoms with Crippen molar-refractivity contribution in [2.75, 3.05) is 6.79 Å². The summed E-state index contributed by atoms with van der Waals surface area (Å²) in [5.41, 5.74) is 2.91. The predicted molar refractivity (Wildman–Crippen MR) is 117 cm³/mol. The lowest BCUT2D eigenvalue weighted by molar-refractivity contribution is -0.121. The van der Waals surface area contributed by atoms with E-state index in [9.17, 15) is 14.7 Å². The third kappa shape index (κ3) is 5.09. The average Bonchev–Trinajstić information content (AvgIpc) is 3.26. The van der Waals surface area contributed by atoms with Crippen LogP contribution >= 0.6 is 0 Å². The summed E-state index contributed by atoms with van der Waals surface area (Å²) in [4.78, 5) is 24.9. The first kappa shape index (κ1) is 21.5. The molecule has 2 aromatic carbocycles. The van der Waals surface area contributed by atoms with E-state index in [-0.39, 0.29) is 43.6 Å². The van der Waals surface area contributed by atoms with Gasteiger partial charge in [-0.05, 0) is 30.2 Å². The normalized spacial score (nSPS) is 11.9. The number of pyridine rings is 1. The van der Waals surface area contributed by atoms with Crippen molar-refractivity contribution in [1.82, 2.24) is 9.88 Å². The highest BCUT2D eigenvalue weighted by atomic mass is 16.7. The van der Waals surface area contributed by atoms with E-state index in [1.54, 1.807) is 6.07 Å². The summed E-state index contributed by atoms with van der Waals surface area (Å²) in [6.45, 7) is 2.28. The van der Waals surface area contributed by atoms with Crippen molar-refractivity contribution in [3.8, 4) is 17.2 Å². The maximum atomic E-state index is 12.5. The van der Waals surface area contributed by atoms with E-state index in [0.717, 1.165) is 16.7 Å². The Labute approximate surface area is 185 Å². The summed E-state index contributed by atoms with van der Waals surface area (Å²) >= 11 is 0. The van der Waals surface area contributed by atoms with Crippen LogP contribution in [0.5, 0.6) is 17.2 Å². The molecule has 4 rings (SSSR count). The number of amides is 1. The van der Waals surface area contributed by atoms with Crippen molar-refractivity contribution in [2.45, 2.75) is 33.2 Å². The van der Waals surface area contributed by atoms with Gasteiger partial charge in [-0.25, -0.2) is 0 Å². The van der Waals surface area contributed by atoms with Crippen molar-refractivity contribution in [3.63, 3.8) is 0 Å². The van der Waals surface area contributed by atoms with E-state index in [2.05, 4.69) is 5.32 Å². The topological polar surface area (TPSA) is 99.0 Å². The van der Waals surface area contributed by atoms with E-state index in [1.165, 1.54) is 16.8 Å². The van der Waals surface area contributed by atoms with Crippen LogP contribution in [0.4, 0.5) is 0 Å². The Hall–Kier alpha value is -3.78. The van der Waals surface area contributed by atoms with Crippen molar-refractivity contribution < 1.29 is 24.1 Å². The van der Waals surface area contributed by atoms with Gasteiger partial charge in [-0.1, -0.05) is 35.9 Å². The molecular weight excluding hydrogens is 412 g/mol. The second kappa shape index (κ2) is 9.57.